The molecule has 0 aliphatic rings. The van der Waals surface area contributed by atoms with E-state index in [1.165, 1.54) is 12.0 Å². The molecule has 0 aromatic heterocycles. The highest BCUT2D eigenvalue weighted by Gasteiger charge is 2.12. The first-order valence-corrected chi connectivity index (χ1v) is 8.07. The first-order valence-electron chi connectivity index (χ1n) is 8.07. The monoisotopic (exact) mass is 292 g/mol. The van der Waals surface area contributed by atoms with Crippen LogP contribution in [0.1, 0.15) is 32.8 Å². The highest BCUT2D eigenvalue weighted by molar-refractivity contribution is 5.33. The summed E-state index contributed by atoms with van der Waals surface area (Å²) in [6, 6.07) is 8.83. The number of hydrogen-bond donors (Lipinski definition) is 1. The second-order valence-electron chi connectivity index (χ2n) is 6.30. The molecule has 120 valence electrons. The van der Waals surface area contributed by atoms with Crippen molar-refractivity contribution in [3.05, 3.63) is 29.8 Å². The van der Waals surface area contributed by atoms with Gasteiger partial charge in [-0.25, -0.2) is 0 Å². The molecular weight excluding hydrogens is 260 g/mol. The van der Waals surface area contributed by atoms with E-state index in [0.717, 1.165) is 37.7 Å². The topological polar surface area (TPSA) is 24.5 Å². The van der Waals surface area contributed by atoms with Gasteiger partial charge in [0, 0.05) is 6.04 Å². The number of methoxy groups -OCH3 is 1. The Labute approximate surface area is 130 Å². The van der Waals surface area contributed by atoms with Crippen LogP contribution in [0.3, 0.4) is 0 Å². The van der Waals surface area contributed by atoms with Crippen LogP contribution in [-0.4, -0.2) is 44.7 Å². The first kappa shape index (κ1) is 18.0. The van der Waals surface area contributed by atoms with Gasteiger partial charge in [0.1, 0.15) is 5.75 Å². The SMILES string of the molecule is COc1ccccc1CC(C)N(C)CCCNCC(C)C. The molecule has 1 unspecified atom stereocenters. The van der Waals surface area contributed by atoms with Gasteiger partial charge in [-0.3, -0.25) is 0 Å². The van der Waals surface area contributed by atoms with E-state index < -0.39 is 0 Å². The fourth-order valence-corrected chi connectivity index (χ4v) is 2.41. The van der Waals surface area contributed by atoms with Gasteiger partial charge in [-0.05, 0) is 64.0 Å². The van der Waals surface area contributed by atoms with Crippen LogP contribution in [0.5, 0.6) is 5.75 Å². The molecule has 3 nitrogen and oxygen atoms in total. The van der Waals surface area contributed by atoms with E-state index in [0.29, 0.717) is 6.04 Å². The zero-order valence-electron chi connectivity index (χ0n) is 14.4. The van der Waals surface area contributed by atoms with Crippen LogP contribution in [0.25, 0.3) is 0 Å². The van der Waals surface area contributed by atoms with Crippen LogP contribution in [0, 0.1) is 5.92 Å². The zero-order valence-corrected chi connectivity index (χ0v) is 14.4. The van der Waals surface area contributed by atoms with Gasteiger partial charge in [0.15, 0.2) is 0 Å². The van der Waals surface area contributed by atoms with Crippen molar-refractivity contribution in [1.29, 1.82) is 0 Å². The van der Waals surface area contributed by atoms with E-state index in [9.17, 15) is 0 Å². The summed E-state index contributed by atoms with van der Waals surface area (Å²) in [6.45, 7) is 10.1. The number of para-hydroxylation sites is 1. The molecule has 0 aliphatic heterocycles. The smallest absolute Gasteiger partial charge is 0.122 e. The Hall–Kier alpha value is -1.06. The van der Waals surface area contributed by atoms with Crippen LogP contribution in [0.4, 0.5) is 0 Å². The molecule has 0 amide bonds. The molecule has 1 aromatic carbocycles. The quantitative estimate of drug-likeness (QED) is 0.670. The number of benzene rings is 1. The molecule has 1 aromatic rings. The number of hydrogen-bond acceptors (Lipinski definition) is 3. The average molecular weight is 292 g/mol. The molecule has 0 spiro atoms. The lowest BCUT2D eigenvalue weighted by atomic mass is 10.0. The van der Waals surface area contributed by atoms with Gasteiger partial charge in [-0.1, -0.05) is 32.0 Å². The van der Waals surface area contributed by atoms with E-state index in [-0.39, 0.29) is 0 Å². The Morgan fingerprint density at radius 2 is 1.90 bits per heavy atom. The van der Waals surface area contributed by atoms with E-state index >= 15 is 0 Å². The van der Waals surface area contributed by atoms with Crippen molar-refractivity contribution in [1.82, 2.24) is 10.2 Å². The van der Waals surface area contributed by atoms with Crippen molar-refractivity contribution in [2.24, 2.45) is 5.92 Å². The fraction of sp³-hybridized carbons (Fsp3) is 0.667. The molecular formula is C18H32N2O. The van der Waals surface area contributed by atoms with Crippen LogP contribution in [-0.2, 0) is 6.42 Å². The van der Waals surface area contributed by atoms with E-state index in [2.05, 4.69) is 50.2 Å². The van der Waals surface area contributed by atoms with Crippen LogP contribution >= 0.6 is 0 Å². The minimum absolute atomic E-state index is 0.520. The van der Waals surface area contributed by atoms with E-state index in [4.69, 9.17) is 4.74 Å². The Bertz CT molecular complexity index is 393. The minimum atomic E-state index is 0.520. The predicted octanol–water partition coefficient (Wildman–Crippen LogP) is 3.19. The lowest BCUT2D eigenvalue weighted by Gasteiger charge is -2.25. The third-order valence-electron chi connectivity index (χ3n) is 3.88. The molecule has 1 rings (SSSR count). The van der Waals surface area contributed by atoms with E-state index in [1.54, 1.807) is 7.11 Å². The molecule has 3 heteroatoms. The van der Waals surface area contributed by atoms with Crippen molar-refractivity contribution in [3.63, 3.8) is 0 Å². The summed E-state index contributed by atoms with van der Waals surface area (Å²) in [5.41, 5.74) is 1.29. The molecule has 0 saturated heterocycles. The molecule has 0 bridgehead atoms. The maximum absolute atomic E-state index is 5.43. The Balaban J connectivity index is 2.32. The lowest BCUT2D eigenvalue weighted by molar-refractivity contribution is 0.250. The van der Waals surface area contributed by atoms with Gasteiger partial charge >= 0.3 is 0 Å². The molecule has 0 aliphatic carbocycles. The largest absolute Gasteiger partial charge is 0.496 e. The van der Waals surface area contributed by atoms with E-state index in [1.807, 2.05) is 12.1 Å². The fourth-order valence-electron chi connectivity index (χ4n) is 2.41. The second kappa shape index (κ2) is 9.80. The summed E-state index contributed by atoms with van der Waals surface area (Å²) in [7, 11) is 3.95. The molecule has 21 heavy (non-hydrogen) atoms. The molecule has 0 heterocycles. The van der Waals surface area contributed by atoms with Gasteiger partial charge in [-0.2, -0.15) is 0 Å². The third kappa shape index (κ3) is 6.96. The summed E-state index contributed by atoms with van der Waals surface area (Å²) >= 11 is 0. The highest BCUT2D eigenvalue weighted by atomic mass is 16.5. The maximum atomic E-state index is 5.43. The summed E-state index contributed by atoms with van der Waals surface area (Å²) in [5.74, 6) is 1.73. The number of rotatable bonds is 10. The van der Waals surface area contributed by atoms with Crippen molar-refractivity contribution < 1.29 is 4.74 Å². The number of likely N-dealkylation sites (N-methyl/N-ethyl adjacent to an activating group) is 1. The highest BCUT2D eigenvalue weighted by Crippen LogP contribution is 2.20. The van der Waals surface area contributed by atoms with Crippen molar-refractivity contribution >= 4 is 0 Å². The summed E-state index contributed by atoms with van der Waals surface area (Å²) < 4.78 is 5.43. The minimum Gasteiger partial charge on any atom is -0.496 e. The van der Waals surface area contributed by atoms with Crippen molar-refractivity contribution in [2.45, 2.75) is 39.7 Å². The zero-order chi connectivity index (χ0) is 15.7. The second-order valence-corrected chi connectivity index (χ2v) is 6.30. The van der Waals surface area contributed by atoms with Crippen LogP contribution in [0.2, 0.25) is 0 Å². The molecule has 1 N–H and O–H groups in total. The number of nitrogens with one attached hydrogen (secondary N) is 1. The molecule has 1 atom stereocenters. The maximum Gasteiger partial charge on any atom is 0.122 e. The summed E-state index contributed by atoms with van der Waals surface area (Å²) in [6.07, 6.45) is 2.22. The van der Waals surface area contributed by atoms with Gasteiger partial charge in [-0.15, -0.1) is 0 Å². The normalized spacial score (nSPS) is 12.9. The van der Waals surface area contributed by atoms with Gasteiger partial charge in [0.2, 0.25) is 0 Å². The predicted molar refractivity (Wildman–Crippen MR) is 91.1 cm³/mol. The van der Waals surface area contributed by atoms with Crippen molar-refractivity contribution in [2.75, 3.05) is 33.8 Å². The summed E-state index contributed by atoms with van der Waals surface area (Å²) in [5, 5.41) is 3.50. The van der Waals surface area contributed by atoms with Crippen LogP contribution in [0.15, 0.2) is 24.3 Å². The number of nitrogens with zero attached hydrogens (tertiary/aromatic N) is 1. The van der Waals surface area contributed by atoms with Crippen LogP contribution < -0.4 is 10.1 Å². The Morgan fingerprint density at radius 3 is 2.57 bits per heavy atom. The molecule has 0 fully saturated rings. The standard InChI is InChI=1S/C18H32N2O/c1-15(2)14-19-11-8-12-20(4)16(3)13-17-9-6-7-10-18(17)21-5/h6-7,9-10,15-16,19H,8,11-14H2,1-5H3. The Kier molecular flexibility index (Phi) is 8.40. The molecule has 0 radical (unpaired) electrons. The van der Waals surface area contributed by atoms with Gasteiger partial charge in [0.05, 0.1) is 7.11 Å². The molecule has 0 saturated carbocycles. The Morgan fingerprint density at radius 1 is 1.19 bits per heavy atom. The third-order valence-corrected chi connectivity index (χ3v) is 3.88. The number of ether oxygens (including phenoxy) is 1. The van der Waals surface area contributed by atoms with Gasteiger partial charge < -0.3 is 15.0 Å². The first-order chi connectivity index (χ1) is 10.0. The summed E-state index contributed by atoms with van der Waals surface area (Å²) in [4.78, 5) is 2.43. The van der Waals surface area contributed by atoms with Crippen molar-refractivity contribution in [3.8, 4) is 5.75 Å². The average Bonchev–Trinajstić information content (AvgIpc) is 2.46. The lowest BCUT2D eigenvalue weighted by Crippen LogP contribution is -2.33. The van der Waals surface area contributed by atoms with Gasteiger partial charge in [0.25, 0.3) is 0 Å².